The van der Waals surface area contributed by atoms with Crippen LogP contribution in [0.5, 0.6) is 0 Å². The van der Waals surface area contributed by atoms with Gasteiger partial charge in [-0.05, 0) is 25.5 Å². The summed E-state index contributed by atoms with van der Waals surface area (Å²) < 4.78 is 43.5. The molecule has 7 heteroatoms. The molecule has 2 rings (SSSR count). The van der Waals surface area contributed by atoms with E-state index in [1.165, 1.54) is 12.1 Å². The monoisotopic (exact) mass is 285 g/mol. The summed E-state index contributed by atoms with van der Waals surface area (Å²) in [7, 11) is 0. The predicted octanol–water partition coefficient (Wildman–Crippen LogP) is 2.59. The highest BCUT2D eigenvalue weighted by Crippen LogP contribution is 2.32. The molecule has 1 saturated heterocycles. The molecule has 108 valence electrons. The summed E-state index contributed by atoms with van der Waals surface area (Å²) >= 11 is 0. The molecule has 4 nitrogen and oxygen atoms in total. The summed E-state index contributed by atoms with van der Waals surface area (Å²) in [6, 6.07) is 3.84. The number of anilines is 1. The van der Waals surface area contributed by atoms with Gasteiger partial charge in [0.25, 0.3) is 0 Å². The molecule has 0 saturated carbocycles. The Bertz CT molecular complexity index is 519. The first-order valence-electron chi connectivity index (χ1n) is 6.30. The number of pyridine rings is 1. The molecule has 0 aliphatic carbocycles. The largest absolute Gasteiger partial charge is 0.419 e. The minimum Gasteiger partial charge on any atom is -0.379 e. The lowest BCUT2D eigenvalue weighted by molar-refractivity contribution is -0.138. The van der Waals surface area contributed by atoms with Gasteiger partial charge in [0, 0.05) is 13.2 Å². The van der Waals surface area contributed by atoms with E-state index in [0.717, 1.165) is 12.5 Å². The molecule has 0 spiro atoms. The molecule has 1 fully saturated rings. The number of nitrogens with zero attached hydrogens (tertiary/aromatic N) is 3. The molecule has 0 unspecified atom stereocenters. The molecular formula is C13H14F3N3O. The van der Waals surface area contributed by atoms with Crippen LogP contribution in [0.1, 0.15) is 24.6 Å². The molecule has 20 heavy (non-hydrogen) atoms. The van der Waals surface area contributed by atoms with Gasteiger partial charge < -0.3 is 9.64 Å². The number of hydrogen-bond acceptors (Lipinski definition) is 4. The van der Waals surface area contributed by atoms with Crippen molar-refractivity contribution in [2.24, 2.45) is 0 Å². The lowest BCUT2D eigenvalue weighted by Gasteiger charge is -2.28. The summed E-state index contributed by atoms with van der Waals surface area (Å²) in [4.78, 5) is 5.73. The van der Waals surface area contributed by atoms with Crippen molar-refractivity contribution in [2.45, 2.75) is 25.6 Å². The second kappa shape index (κ2) is 5.67. The fourth-order valence-electron chi connectivity index (χ4n) is 2.30. The molecule has 0 aromatic carbocycles. The molecule has 1 atom stereocenters. The third-order valence-corrected chi connectivity index (χ3v) is 3.27. The maximum Gasteiger partial charge on any atom is 0.419 e. The fraction of sp³-hybridized carbons (Fsp3) is 0.538. The Morgan fingerprint density at radius 1 is 1.50 bits per heavy atom. The second-order valence-electron chi connectivity index (χ2n) is 4.48. The molecule has 1 aromatic heterocycles. The Morgan fingerprint density at radius 2 is 2.25 bits per heavy atom. The zero-order chi connectivity index (χ0) is 14.8. The van der Waals surface area contributed by atoms with Gasteiger partial charge in [0.2, 0.25) is 0 Å². The Balaban J connectivity index is 2.35. The smallest absolute Gasteiger partial charge is 0.379 e. The van der Waals surface area contributed by atoms with E-state index in [9.17, 15) is 13.2 Å². The summed E-state index contributed by atoms with van der Waals surface area (Å²) in [6.45, 7) is 3.65. The van der Waals surface area contributed by atoms with Crippen LogP contribution in [0, 0.1) is 11.3 Å². The molecule has 2 heterocycles. The molecule has 0 bridgehead atoms. The molecular weight excluding hydrogens is 271 g/mol. The Morgan fingerprint density at radius 3 is 2.75 bits per heavy atom. The molecule has 0 radical (unpaired) electrons. The van der Waals surface area contributed by atoms with E-state index in [2.05, 4.69) is 4.98 Å². The predicted molar refractivity (Wildman–Crippen MR) is 66.2 cm³/mol. The van der Waals surface area contributed by atoms with Gasteiger partial charge in [0.05, 0.1) is 18.2 Å². The summed E-state index contributed by atoms with van der Waals surface area (Å²) in [6.07, 6.45) is -3.76. The first-order chi connectivity index (χ1) is 9.47. The lowest BCUT2D eigenvalue weighted by atomic mass is 10.1. The van der Waals surface area contributed by atoms with Gasteiger partial charge in [-0.25, -0.2) is 4.98 Å². The van der Waals surface area contributed by atoms with E-state index in [4.69, 9.17) is 10.00 Å². The number of likely N-dealkylation sites (N-methyl/N-ethyl adjacent to an activating group) is 1. The molecule has 1 aromatic rings. The van der Waals surface area contributed by atoms with Crippen molar-refractivity contribution in [3.63, 3.8) is 0 Å². The van der Waals surface area contributed by atoms with Crippen LogP contribution in [-0.4, -0.2) is 30.8 Å². The standard InChI is InChI=1S/C13H14F3N3O/c1-2-19(9-5-6-20-8-9)12-4-3-10(13(14,15)16)11(7-17)18-12/h3-4,9H,2,5-6,8H2,1H3/t9-/m1/s1. The molecule has 0 N–H and O–H groups in total. The van der Waals surface area contributed by atoms with Crippen LogP contribution >= 0.6 is 0 Å². The van der Waals surface area contributed by atoms with Crippen molar-refractivity contribution in [1.82, 2.24) is 4.98 Å². The number of alkyl halides is 3. The average molecular weight is 285 g/mol. The Hall–Kier alpha value is -1.81. The van der Waals surface area contributed by atoms with E-state index in [0.29, 0.717) is 25.6 Å². The van der Waals surface area contributed by atoms with Crippen molar-refractivity contribution >= 4 is 5.82 Å². The maximum absolute atomic E-state index is 12.7. The van der Waals surface area contributed by atoms with Crippen molar-refractivity contribution in [2.75, 3.05) is 24.7 Å². The third-order valence-electron chi connectivity index (χ3n) is 3.27. The Kier molecular flexibility index (Phi) is 4.14. The van der Waals surface area contributed by atoms with Crippen LogP contribution in [0.25, 0.3) is 0 Å². The van der Waals surface area contributed by atoms with Crippen molar-refractivity contribution in [3.05, 3.63) is 23.4 Å². The van der Waals surface area contributed by atoms with Crippen molar-refractivity contribution in [3.8, 4) is 6.07 Å². The van der Waals surface area contributed by atoms with Gasteiger partial charge >= 0.3 is 6.18 Å². The van der Waals surface area contributed by atoms with Crippen molar-refractivity contribution in [1.29, 1.82) is 5.26 Å². The summed E-state index contributed by atoms with van der Waals surface area (Å²) in [5, 5.41) is 8.87. The minimum atomic E-state index is -4.57. The van der Waals surface area contributed by atoms with Gasteiger partial charge in [0.1, 0.15) is 11.9 Å². The van der Waals surface area contributed by atoms with Crippen LogP contribution in [-0.2, 0) is 10.9 Å². The fourth-order valence-corrected chi connectivity index (χ4v) is 2.30. The van der Waals surface area contributed by atoms with Gasteiger partial charge in [-0.1, -0.05) is 0 Å². The molecule has 0 amide bonds. The number of halogens is 3. The molecule has 1 aliphatic heterocycles. The number of rotatable bonds is 3. The average Bonchev–Trinajstić information content (AvgIpc) is 2.92. The SMILES string of the molecule is CCN(c1ccc(C(F)(F)F)c(C#N)n1)[C@@H]1CCOC1. The minimum absolute atomic E-state index is 0.0933. The first-order valence-corrected chi connectivity index (χ1v) is 6.30. The molecule has 1 aliphatic rings. The van der Waals surface area contributed by atoms with Crippen LogP contribution in [0.15, 0.2) is 12.1 Å². The highest BCUT2D eigenvalue weighted by atomic mass is 19.4. The van der Waals surface area contributed by atoms with E-state index < -0.39 is 17.4 Å². The summed E-state index contributed by atoms with van der Waals surface area (Å²) in [5.74, 6) is 0.382. The number of ether oxygens (including phenoxy) is 1. The second-order valence-corrected chi connectivity index (χ2v) is 4.48. The third kappa shape index (κ3) is 2.85. The van der Waals surface area contributed by atoms with Crippen LogP contribution < -0.4 is 4.90 Å². The van der Waals surface area contributed by atoms with Crippen LogP contribution in [0.2, 0.25) is 0 Å². The van der Waals surface area contributed by atoms with Gasteiger partial charge in [-0.3, -0.25) is 0 Å². The quantitative estimate of drug-likeness (QED) is 0.856. The number of aromatic nitrogens is 1. The topological polar surface area (TPSA) is 49.2 Å². The normalized spacial score (nSPS) is 18.9. The number of hydrogen-bond donors (Lipinski definition) is 0. The van der Waals surface area contributed by atoms with Crippen molar-refractivity contribution < 1.29 is 17.9 Å². The Labute approximate surface area is 114 Å². The van der Waals surface area contributed by atoms with E-state index in [1.807, 2.05) is 11.8 Å². The lowest BCUT2D eigenvalue weighted by Crippen LogP contribution is -2.36. The van der Waals surface area contributed by atoms with E-state index in [1.54, 1.807) is 0 Å². The van der Waals surface area contributed by atoms with E-state index >= 15 is 0 Å². The first kappa shape index (κ1) is 14.6. The van der Waals surface area contributed by atoms with Crippen LogP contribution in [0.4, 0.5) is 19.0 Å². The van der Waals surface area contributed by atoms with Crippen LogP contribution in [0.3, 0.4) is 0 Å². The van der Waals surface area contributed by atoms with Gasteiger partial charge in [-0.15, -0.1) is 0 Å². The maximum atomic E-state index is 12.7. The van der Waals surface area contributed by atoms with Gasteiger partial charge in [0.15, 0.2) is 5.69 Å². The van der Waals surface area contributed by atoms with E-state index in [-0.39, 0.29) is 6.04 Å². The zero-order valence-electron chi connectivity index (χ0n) is 10.9. The number of nitriles is 1. The highest BCUT2D eigenvalue weighted by molar-refractivity contribution is 5.47. The highest BCUT2D eigenvalue weighted by Gasteiger charge is 2.35. The zero-order valence-corrected chi connectivity index (χ0v) is 10.9. The summed E-state index contributed by atoms with van der Waals surface area (Å²) in [5.41, 5.74) is -1.59. The van der Waals surface area contributed by atoms with Gasteiger partial charge in [-0.2, -0.15) is 18.4 Å².